The number of fused-ring (bicyclic) bond motifs is 1. The van der Waals surface area contributed by atoms with E-state index in [0.29, 0.717) is 17.3 Å². The van der Waals surface area contributed by atoms with Gasteiger partial charge in [-0.3, -0.25) is 10.1 Å². The molecule has 0 fully saturated rings. The number of thiazole rings is 1. The van der Waals surface area contributed by atoms with Crippen LogP contribution in [-0.2, 0) is 6.42 Å². The fourth-order valence-corrected chi connectivity index (χ4v) is 3.52. The second-order valence-corrected chi connectivity index (χ2v) is 6.87. The van der Waals surface area contributed by atoms with Gasteiger partial charge in [0.1, 0.15) is 5.75 Å². The summed E-state index contributed by atoms with van der Waals surface area (Å²) in [7, 11) is 0. The van der Waals surface area contributed by atoms with Crippen LogP contribution in [0.2, 0.25) is 0 Å². The van der Waals surface area contributed by atoms with E-state index in [0.717, 1.165) is 22.4 Å². The van der Waals surface area contributed by atoms with Gasteiger partial charge in [-0.1, -0.05) is 30.7 Å². The lowest BCUT2D eigenvalue weighted by Gasteiger charge is -2.04. The number of ether oxygens (including phenoxy) is 1. The Morgan fingerprint density at radius 3 is 2.68 bits per heavy atom. The zero-order valence-corrected chi connectivity index (χ0v) is 15.4. The number of rotatable bonds is 7. The number of amides is 1. The van der Waals surface area contributed by atoms with Gasteiger partial charge < -0.3 is 4.74 Å². The minimum Gasteiger partial charge on any atom is -0.494 e. The fraction of sp³-hybridized carbons (Fsp3) is 0.300. The van der Waals surface area contributed by atoms with Gasteiger partial charge in [-0.25, -0.2) is 4.98 Å². The molecule has 1 heterocycles. The van der Waals surface area contributed by atoms with Gasteiger partial charge in [0.25, 0.3) is 5.91 Å². The van der Waals surface area contributed by atoms with Crippen molar-refractivity contribution in [3.8, 4) is 5.75 Å². The van der Waals surface area contributed by atoms with Crippen LogP contribution in [0.5, 0.6) is 5.75 Å². The predicted molar refractivity (Wildman–Crippen MR) is 104 cm³/mol. The molecule has 3 aromatic rings. The number of unbranched alkanes of at least 4 members (excludes halogenated alkanes) is 1. The van der Waals surface area contributed by atoms with Gasteiger partial charge in [0.05, 0.1) is 16.8 Å². The molecule has 0 aliphatic heterocycles. The van der Waals surface area contributed by atoms with E-state index in [1.54, 1.807) is 24.3 Å². The number of carbonyl (C=O) groups is 1. The first-order valence-electron chi connectivity index (χ1n) is 8.63. The van der Waals surface area contributed by atoms with E-state index in [1.165, 1.54) is 29.7 Å². The summed E-state index contributed by atoms with van der Waals surface area (Å²) >= 11 is 1.51. The van der Waals surface area contributed by atoms with Crippen molar-refractivity contribution < 1.29 is 9.53 Å². The van der Waals surface area contributed by atoms with Crippen LogP contribution in [0.4, 0.5) is 5.13 Å². The van der Waals surface area contributed by atoms with E-state index < -0.39 is 0 Å². The number of benzene rings is 2. The van der Waals surface area contributed by atoms with Crippen LogP contribution in [0.15, 0.2) is 42.5 Å². The molecule has 4 nitrogen and oxygen atoms in total. The van der Waals surface area contributed by atoms with E-state index in [2.05, 4.69) is 29.4 Å². The van der Waals surface area contributed by atoms with Gasteiger partial charge in [-0.2, -0.15) is 0 Å². The van der Waals surface area contributed by atoms with Crippen molar-refractivity contribution in [3.63, 3.8) is 0 Å². The van der Waals surface area contributed by atoms with Crippen molar-refractivity contribution in [1.29, 1.82) is 0 Å². The highest BCUT2D eigenvalue weighted by Gasteiger charge is 2.10. The Bertz CT molecular complexity index is 856. The van der Waals surface area contributed by atoms with E-state index in [9.17, 15) is 4.79 Å². The Balaban J connectivity index is 1.72. The number of carbonyl (C=O) groups excluding carboxylic acids is 1. The third-order valence-corrected chi connectivity index (χ3v) is 4.85. The molecule has 0 unspecified atom stereocenters. The van der Waals surface area contributed by atoms with Crippen LogP contribution in [0.3, 0.4) is 0 Å². The Morgan fingerprint density at radius 1 is 1.16 bits per heavy atom. The molecule has 1 N–H and O–H groups in total. The number of hydrogen-bond acceptors (Lipinski definition) is 4. The summed E-state index contributed by atoms with van der Waals surface area (Å²) < 4.78 is 6.50. The monoisotopic (exact) mass is 354 g/mol. The Hall–Kier alpha value is -2.40. The maximum atomic E-state index is 12.4. The van der Waals surface area contributed by atoms with Gasteiger partial charge >= 0.3 is 0 Å². The molecule has 0 saturated carbocycles. The summed E-state index contributed by atoms with van der Waals surface area (Å²) in [4.78, 5) is 16.9. The minimum atomic E-state index is -0.159. The molecule has 5 heteroatoms. The van der Waals surface area contributed by atoms with Gasteiger partial charge in [0.2, 0.25) is 0 Å². The molecule has 0 bridgehead atoms. The molecule has 3 rings (SSSR count). The fourth-order valence-electron chi connectivity index (χ4n) is 2.60. The van der Waals surface area contributed by atoms with E-state index >= 15 is 0 Å². The normalized spacial score (nSPS) is 10.8. The maximum Gasteiger partial charge on any atom is 0.257 e. The second kappa shape index (κ2) is 8.12. The number of aryl methyl sites for hydroxylation is 1. The summed E-state index contributed by atoms with van der Waals surface area (Å²) in [6.45, 7) is 4.73. The summed E-state index contributed by atoms with van der Waals surface area (Å²) in [5.74, 6) is 0.604. The van der Waals surface area contributed by atoms with Crippen molar-refractivity contribution >= 4 is 32.6 Å². The number of hydrogen-bond donors (Lipinski definition) is 1. The van der Waals surface area contributed by atoms with Crippen molar-refractivity contribution in [3.05, 3.63) is 53.6 Å². The van der Waals surface area contributed by atoms with Gasteiger partial charge in [-0.15, -0.1) is 0 Å². The van der Waals surface area contributed by atoms with Crippen molar-refractivity contribution in [2.24, 2.45) is 0 Å². The van der Waals surface area contributed by atoms with Gasteiger partial charge in [-0.05, 0) is 61.7 Å². The summed E-state index contributed by atoms with van der Waals surface area (Å²) in [5.41, 5.74) is 2.83. The second-order valence-electron chi connectivity index (χ2n) is 5.84. The average molecular weight is 354 g/mol. The summed E-state index contributed by atoms with van der Waals surface area (Å²) in [6, 6.07) is 13.5. The smallest absolute Gasteiger partial charge is 0.257 e. The largest absolute Gasteiger partial charge is 0.494 e. The Kier molecular flexibility index (Phi) is 5.66. The lowest BCUT2D eigenvalue weighted by atomic mass is 10.1. The van der Waals surface area contributed by atoms with Crippen molar-refractivity contribution in [2.75, 3.05) is 11.9 Å². The quantitative estimate of drug-likeness (QED) is 0.627. The van der Waals surface area contributed by atoms with Crippen molar-refractivity contribution in [1.82, 2.24) is 4.98 Å². The highest BCUT2D eigenvalue weighted by Crippen LogP contribution is 2.27. The molecule has 0 saturated heterocycles. The minimum absolute atomic E-state index is 0.159. The van der Waals surface area contributed by atoms with Crippen LogP contribution in [0, 0.1) is 0 Å². The first-order chi connectivity index (χ1) is 12.2. The molecular weight excluding hydrogens is 332 g/mol. The molecule has 25 heavy (non-hydrogen) atoms. The van der Waals surface area contributed by atoms with Gasteiger partial charge in [0.15, 0.2) is 5.13 Å². The van der Waals surface area contributed by atoms with Crippen LogP contribution in [0.1, 0.15) is 42.6 Å². The first kappa shape index (κ1) is 17.4. The molecule has 1 amide bonds. The first-order valence-corrected chi connectivity index (χ1v) is 9.45. The van der Waals surface area contributed by atoms with E-state index in [-0.39, 0.29) is 5.91 Å². The maximum absolute atomic E-state index is 12.4. The molecular formula is C20H22N2O2S. The molecule has 0 radical (unpaired) electrons. The molecule has 0 aliphatic rings. The number of anilines is 1. The zero-order valence-electron chi connectivity index (χ0n) is 14.5. The number of aromatic nitrogens is 1. The van der Waals surface area contributed by atoms with Crippen LogP contribution < -0.4 is 10.1 Å². The third kappa shape index (κ3) is 4.37. The lowest BCUT2D eigenvalue weighted by molar-refractivity contribution is 0.102. The summed E-state index contributed by atoms with van der Waals surface area (Å²) in [5, 5.41) is 3.52. The Morgan fingerprint density at radius 2 is 1.96 bits per heavy atom. The molecule has 1 aromatic heterocycles. The highest BCUT2D eigenvalue weighted by molar-refractivity contribution is 7.22. The zero-order chi connectivity index (χ0) is 17.6. The summed E-state index contributed by atoms with van der Waals surface area (Å²) in [6.07, 6.45) is 3.45. The predicted octanol–water partition coefficient (Wildman–Crippen LogP) is 5.29. The van der Waals surface area contributed by atoms with Crippen LogP contribution >= 0.6 is 11.3 Å². The topological polar surface area (TPSA) is 51.2 Å². The van der Waals surface area contributed by atoms with E-state index in [4.69, 9.17) is 4.74 Å². The molecule has 0 spiro atoms. The molecule has 2 aromatic carbocycles. The Labute approximate surface area is 151 Å². The molecule has 130 valence electrons. The third-order valence-electron chi connectivity index (χ3n) is 3.92. The SMILES string of the molecule is CCCCc1ccc2nc(NC(=O)c3ccc(OCC)cc3)sc2c1. The van der Waals surface area contributed by atoms with Crippen LogP contribution in [0.25, 0.3) is 10.2 Å². The van der Waals surface area contributed by atoms with Gasteiger partial charge in [0, 0.05) is 5.56 Å². The number of nitrogens with zero attached hydrogens (tertiary/aromatic N) is 1. The van der Waals surface area contributed by atoms with Crippen LogP contribution in [-0.4, -0.2) is 17.5 Å². The molecule has 0 aliphatic carbocycles. The molecule has 0 atom stereocenters. The van der Waals surface area contributed by atoms with Crippen molar-refractivity contribution in [2.45, 2.75) is 33.1 Å². The lowest BCUT2D eigenvalue weighted by Crippen LogP contribution is -2.11. The number of nitrogens with one attached hydrogen (secondary N) is 1. The average Bonchev–Trinajstić information content (AvgIpc) is 3.02. The van der Waals surface area contributed by atoms with E-state index in [1.807, 2.05) is 13.0 Å². The highest BCUT2D eigenvalue weighted by atomic mass is 32.1. The standard InChI is InChI=1S/C20H22N2O2S/c1-3-5-6-14-7-12-17-18(13-14)25-20(21-17)22-19(23)15-8-10-16(11-9-15)24-4-2/h7-13H,3-6H2,1-2H3,(H,21,22,23).